The summed E-state index contributed by atoms with van der Waals surface area (Å²) >= 11 is 6.08. The molecule has 2 aromatic carbocycles. The largest absolute Gasteiger partial charge is 0.486 e. The average Bonchev–Trinajstić information content (AvgIpc) is 2.75. The first-order valence-corrected chi connectivity index (χ1v) is 10.2. The first kappa shape index (κ1) is 19.7. The van der Waals surface area contributed by atoms with E-state index in [1.807, 2.05) is 12.1 Å². The molecule has 0 aliphatic carbocycles. The smallest absolute Gasteiger partial charge is 0.238 e. The van der Waals surface area contributed by atoms with Gasteiger partial charge >= 0.3 is 0 Å². The lowest BCUT2D eigenvalue weighted by molar-refractivity contribution is -0.117. The Hall–Kier alpha value is -2.57. The summed E-state index contributed by atoms with van der Waals surface area (Å²) < 4.78 is 11.1. The summed E-state index contributed by atoms with van der Waals surface area (Å²) in [4.78, 5) is 27.3. The summed E-state index contributed by atoms with van der Waals surface area (Å²) in [6.45, 7) is 2.73. The number of piperidine rings is 1. The maximum atomic E-state index is 12.9. The highest BCUT2D eigenvalue weighted by molar-refractivity contribution is 6.33. The summed E-state index contributed by atoms with van der Waals surface area (Å²) in [5.41, 5.74) is 1.27. The molecule has 0 bridgehead atoms. The predicted octanol–water partition coefficient (Wildman–Crippen LogP) is 3.64. The Bertz CT molecular complexity index is 909. The van der Waals surface area contributed by atoms with Crippen molar-refractivity contribution in [2.45, 2.75) is 12.8 Å². The number of para-hydroxylation sites is 1. The van der Waals surface area contributed by atoms with Gasteiger partial charge in [-0.2, -0.15) is 0 Å². The number of carbonyl (C=O) groups is 2. The molecular weight excluding hydrogens is 392 g/mol. The lowest BCUT2D eigenvalue weighted by atomic mass is 9.88. The van der Waals surface area contributed by atoms with Crippen LogP contribution in [0.5, 0.6) is 11.5 Å². The second kappa shape index (κ2) is 8.84. The number of hydrogen-bond acceptors (Lipinski definition) is 5. The van der Waals surface area contributed by atoms with E-state index in [0.717, 1.165) is 12.8 Å². The Labute approximate surface area is 174 Å². The maximum Gasteiger partial charge on any atom is 0.238 e. The summed E-state index contributed by atoms with van der Waals surface area (Å²) in [5, 5.41) is 3.36. The van der Waals surface area contributed by atoms with Gasteiger partial charge in [0.25, 0.3) is 0 Å². The van der Waals surface area contributed by atoms with Crippen LogP contribution in [-0.2, 0) is 4.79 Å². The van der Waals surface area contributed by atoms with Crippen molar-refractivity contribution < 1.29 is 19.1 Å². The number of halogens is 1. The molecule has 2 aliphatic heterocycles. The van der Waals surface area contributed by atoms with Crippen molar-refractivity contribution in [1.29, 1.82) is 0 Å². The van der Waals surface area contributed by atoms with Crippen LogP contribution in [0.15, 0.2) is 42.5 Å². The van der Waals surface area contributed by atoms with E-state index in [0.29, 0.717) is 54.1 Å². The van der Waals surface area contributed by atoms with Gasteiger partial charge in [0, 0.05) is 11.5 Å². The third kappa shape index (κ3) is 4.71. The molecule has 4 rings (SSSR count). The molecule has 7 heteroatoms. The molecular formula is C22H23ClN2O4. The predicted molar refractivity (Wildman–Crippen MR) is 111 cm³/mol. The fourth-order valence-electron chi connectivity index (χ4n) is 3.74. The number of anilines is 1. The van der Waals surface area contributed by atoms with Gasteiger partial charge in [-0.3, -0.25) is 14.5 Å². The molecule has 1 N–H and O–H groups in total. The van der Waals surface area contributed by atoms with E-state index in [1.165, 1.54) is 0 Å². The van der Waals surface area contributed by atoms with Gasteiger partial charge in [-0.1, -0.05) is 23.7 Å². The van der Waals surface area contributed by atoms with E-state index in [4.69, 9.17) is 21.1 Å². The van der Waals surface area contributed by atoms with Crippen LogP contribution >= 0.6 is 11.6 Å². The van der Waals surface area contributed by atoms with Crippen LogP contribution < -0.4 is 14.8 Å². The van der Waals surface area contributed by atoms with Crippen molar-refractivity contribution in [3.05, 3.63) is 53.1 Å². The summed E-state index contributed by atoms with van der Waals surface area (Å²) in [5.74, 6) is 1.31. The fourth-order valence-corrected chi connectivity index (χ4v) is 3.92. The number of likely N-dealkylation sites (tertiary alicyclic amines) is 1. The number of nitrogens with one attached hydrogen (secondary N) is 1. The van der Waals surface area contributed by atoms with Crippen LogP contribution in [0.1, 0.15) is 23.2 Å². The molecule has 2 aromatic rings. The van der Waals surface area contributed by atoms with E-state index in [9.17, 15) is 9.59 Å². The number of rotatable bonds is 5. The van der Waals surface area contributed by atoms with Crippen LogP contribution in [0, 0.1) is 5.92 Å². The Morgan fingerprint density at radius 2 is 1.76 bits per heavy atom. The molecule has 29 heavy (non-hydrogen) atoms. The monoisotopic (exact) mass is 414 g/mol. The van der Waals surface area contributed by atoms with Crippen LogP contribution in [0.3, 0.4) is 0 Å². The molecule has 1 saturated heterocycles. The topological polar surface area (TPSA) is 67.9 Å². The zero-order valence-electron chi connectivity index (χ0n) is 16.0. The summed E-state index contributed by atoms with van der Waals surface area (Å²) in [6, 6.07) is 12.6. The van der Waals surface area contributed by atoms with Crippen molar-refractivity contribution in [2.24, 2.45) is 5.92 Å². The van der Waals surface area contributed by atoms with Crippen molar-refractivity contribution >= 4 is 29.0 Å². The fraction of sp³-hybridized carbons (Fsp3) is 0.364. The third-order valence-corrected chi connectivity index (χ3v) is 5.63. The van der Waals surface area contributed by atoms with Crippen molar-refractivity contribution in [2.75, 3.05) is 38.2 Å². The van der Waals surface area contributed by atoms with E-state index in [-0.39, 0.29) is 24.2 Å². The van der Waals surface area contributed by atoms with Gasteiger partial charge in [0.2, 0.25) is 5.91 Å². The highest BCUT2D eigenvalue weighted by Crippen LogP contribution is 2.32. The molecule has 152 valence electrons. The molecule has 0 radical (unpaired) electrons. The van der Waals surface area contributed by atoms with Gasteiger partial charge in [-0.05, 0) is 56.3 Å². The van der Waals surface area contributed by atoms with Gasteiger partial charge in [0.1, 0.15) is 13.2 Å². The number of ether oxygens (including phenoxy) is 2. The number of carbonyl (C=O) groups excluding carboxylic acids is 2. The lowest BCUT2D eigenvalue weighted by Gasteiger charge is -2.31. The quantitative estimate of drug-likeness (QED) is 0.756. The van der Waals surface area contributed by atoms with E-state index < -0.39 is 0 Å². The van der Waals surface area contributed by atoms with Crippen LogP contribution in [0.4, 0.5) is 5.69 Å². The zero-order valence-corrected chi connectivity index (χ0v) is 16.8. The molecule has 6 nitrogen and oxygen atoms in total. The minimum atomic E-state index is -0.102. The standard InChI is InChI=1S/C22H23ClN2O4/c23-17-3-1-2-4-18(17)24-21(26)14-25-9-7-15(8-10-25)22(27)16-5-6-19-20(13-16)29-12-11-28-19/h1-6,13,15H,7-12,14H2,(H,24,26). The van der Waals surface area contributed by atoms with Crippen molar-refractivity contribution in [3.8, 4) is 11.5 Å². The Kier molecular flexibility index (Phi) is 6.02. The molecule has 0 aromatic heterocycles. The molecule has 1 fully saturated rings. The number of amides is 1. The number of ketones is 1. The SMILES string of the molecule is O=C(CN1CCC(C(=O)c2ccc3c(c2)OCCO3)CC1)Nc1ccccc1Cl. The molecule has 2 aliphatic rings. The molecule has 0 saturated carbocycles. The summed E-state index contributed by atoms with van der Waals surface area (Å²) in [7, 11) is 0. The van der Waals surface area contributed by atoms with Crippen molar-refractivity contribution in [1.82, 2.24) is 4.90 Å². The van der Waals surface area contributed by atoms with Gasteiger partial charge in [0.15, 0.2) is 17.3 Å². The number of benzene rings is 2. The number of fused-ring (bicyclic) bond motifs is 1. The average molecular weight is 415 g/mol. The normalized spacial score (nSPS) is 17.0. The van der Waals surface area contributed by atoms with Gasteiger partial charge in [0.05, 0.1) is 17.3 Å². The number of nitrogens with zero attached hydrogens (tertiary/aromatic N) is 1. The first-order valence-electron chi connectivity index (χ1n) is 9.81. The first-order chi connectivity index (χ1) is 14.1. The minimum absolute atomic E-state index is 0.0413. The summed E-state index contributed by atoms with van der Waals surface area (Å²) in [6.07, 6.45) is 1.46. The zero-order chi connectivity index (χ0) is 20.2. The molecule has 0 spiro atoms. The molecule has 2 heterocycles. The number of Topliss-reactive ketones (excluding diaryl/α,β-unsaturated/α-hetero) is 1. The Morgan fingerprint density at radius 3 is 2.52 bits per heavy atom. The molecule has 0 unspecified atom stereocenters. The van der Waals surface area contributed by atoms with Gasteiger partial charge in [-0.25, -0.2) is 0 Å². The Balaban J connectivity index is 1.29. The van der Waals surface area contributed by atoms with Crippen LogP contribution in [-0.4, -0.2) is 49.4 Å². The Morgan fingerprint density at radius 1 is 1.03 bits per heavy atom. The van der Waals surface area contributed by atoms with E-state index >= 15 is 0 Å². The molecule has 1 amide bonds. The van der Waals surface area contributed by atoms with Crippen LogP contribution in [0.25, 0.3) is 0 Å². The lowest BCUT2D eigenvalue weighted by Crippen LogP contribution is -2.40. The van der Waals surface area contributed by atoms with E-state index in [1.54, 1.807) is 30.3 Å². The van der Waals surface area contributed by atoms with Crippen LogP contribution in [0.2, 0.25) is 5.02 Å². The highest BCUT2D eigenvalue weighted by Gasteiger charge is 2.27. The third-order valence-electron chi connectivity index (χ3n) is 5.30. The van der Waals surface area contributed by atoms with Crippen molar-refractivity contribution in [3.63, 3.8) is 0 Å². The maximum absolute atomic E-state index is 12.9. The highest BCUT2D eigenvalue weighted by atomic mass is 35.5. The van der Waals surface area contributed by atoms with Gasteiger partial charge in [-0.15, -0.1) is 0 Å². The minimum Gasteiger partial charge on any atom is -0.486 e. The molecule has 0 atom stereocenters. The van der Waals surface area contributed by atoms with E-state index in [2.05, 4.69) is 10.2 Å². The number of hydrogen-bond donors (Lipinski definition) is 1. The van der Waals surface area contributed by atoms with Gasteiger partial charge < -0.3 is 14.8 Å². The second-order valence-electron chi connectivity index (χ2n) is 7.30. The second-order valence-corrected chi connectivity index (χ2v) is 7.71.